The molecule has 0 aliphatic carbocycles. The molecule has 0 radical (unpaired) electrons. The van der Waals surface area contributed by atoms with Crippen molar-refractivity contribution < 1.29 is 19.2 Å². The molecule has 1 amide bonds. The minimum Gasteiger partial charge on any atom is -0.493 e. The summed E-state index contributed by atoms with van der Waals surface area (Å²) in [5, 5.41) is 14.6. The SMILES string of the molecule is COc1cc(C(=O)N2C[C@H]3CNC[C@H]3C2)c([N+](=O)[O-])cc1OC. The number of nitro groups is 1. The normalized spacial score (nSPS) is 22.8. The molecule has 1 N–H and O–H groups in total. The van der Waals surface area contributed by atoms with Crippen LogP contribution in [0.15, 0.2) is 12.1 Å². The molecule has 2 aliphatic rings. The molecule has 1 aromatic rings. The van der Waals surface area contributed by atoms with Crippen molar-refractivity contribution in [1.29, 1.82) is 0 Å². The number of nitrogens with one attached hydrogen (secondary N) is 1. The van der Waals surface area contributed by atoms with Gasteiger partial charge in [-0.25, -0.2) is 0 Å². The van der Waals surface area contributed by atoms with Gasteiger partial charge >= 0.3 is 0 Å². The number of amides is 1. The fourth-order valence-corrected chi connectivity index (χ4v) is 3.38. The molecule has 8 heteroatoms. The maximum atomic E-state index is 12.8. The first-order valence-electron chi connectivity index (χ1n) is 7.45. The van der Waals surface area contributed by atoms with E-state index in [2.05, 4.69) is 5.32 Å². The lowest BCUT2D eigenvalue weighted by molar-refractivity contribution is -0.385. The predicted molar refractivity (Wildman–Crippen MR) is 82.0 cm³/mol. The van der Waals surface area contributed by atoms with Gasteiger partial charge in [-0.2, -0.15) is 0 Å². The number of ether oxygens (including phenoxy) is 2. The number of carbonyl (C=O) groups excluding carboxylic acids is 1. The highest BCUT2D eigenvalue weighted by Gasteiger charge is 2.40. The highest BCUT2D eigenvalue weighted by molar-refractivity contribution is 5.99. The minimum atomic E-state index is -0.562. The number of hydrogen-bond donors (Lipinski definition) is 1. The summed E-state index contributed by atoms with van der Waals surface area (Å²) < 4.78 is 10.3. The maximum Gasteiger partial charge on any atom is 0.286 e. The second kappa shape index (κ2) is 6.04. The maximum absolute atomic E-state index is 12.8. The molecule has 2 fully saturated rings. The van der Waals surface area contributed by atoms with Crippen molar-refractivity contribution in [2.75, 3.05) is 40.4 Å². The molecule has 0 saturated carbocycles. The van der Waals surface area contributed by atoms with Gasteiger partial charge in [0.1, 0.15) is 5.56 Å². The third-order valence-electron chi connectivity index (χ3n) is 4.61. The molecule has 1 aromatic carbocycles. The van der Waals surface area contributed by atoms with Crippen molar-refractivity contribution in [2.45, 2.75) is 0 Å². The molecule has 3 rings (SSSR count). The van der Waals surface area contributed by atoms with E-state index in [1.165, 1.54) is 26.4 Å². The number of nitro benzene ring substituents is 1. The Kier molecular flexibility index (Phi) is 4.08. The molecule has 2 saturated heterocycles. The first kappa shape index (κ1) is 15.5. The van der Waals surface area contributed by atoms with Gasteiger partial charge in [0.15, 0.2) is 11.5 Å². The summed E-state index contributed by atoms with van der Waals surface area (Å²) in [4.78, 5) is 25.2. The summed E-state index contributed by atoms with van der Waals surface area (Å²) in [6.45, 7) is 3.04. The van der Waals surface area contributed by atoms with Gasteiger partial charge in [0, 0.05) is 32.2 Å². The number of carbonyl (C=O) groups is 1. The van der Waals surface area contributed by atoms with Crippen LogP contribution in [0.2, 0.25) is 0 Å². The predicted octanol–water partition coefficient (Wildman–Crippen LogP) is 0.903. The highest BCUT2D eigenvalue weighted by atomic mass is 16.6. The van der Waals surface area contributed by atoms with E-state index in [4.69, 9.17) is 9.47 Å². The third-order valence-corrected chi connectivity index (χ3v) is 4.61. The Bertz CT molecular complexity index is 636. The summed E-state index contributed by atoms with van der Waals surface area (Å²) >= 11 is 0. The Labute approximate surface area is 133 Å². The number of hydrogen-bond acceptors (Lipinski definition) is 6. The molecule has 23 heavy (non-hydrogen) atoms. The quantitative estimate of drug-likeness (QED) is 0.654. The lowest BCUT2D eigenvalue weighted by atomic mass is 10.0. The fourth-order valence-electron chi connectivity index (χ4n) is 3.38. The van der Waals surface area contributed by atoms with E-state index in [0.717, 1.165) is 13.1 Å². The molecule has 2 aliphatic heterocycles. The highest BCUT2D eigenvalue weighted by Crippen LogP contribution is 2.36. The van der Waals surface area contributed by atoms with Gasteiger partial charge in [-0.15, -0.1) is 0 Å². The van der Waals surface area contributed by atoms with Crippen LogP contribution < -0.4 is 14.8 Å². The van der Waals surface area contributed by atoms with Crippen LogP contribution in [0, 0.1) is 22.0 Å². The second-order valence-electron chi connectivity index (χ2n) is 5.87. The molecule has 0 unspecified atom stereocenters. The monoisotopic (exact) mass is 321 g/mol. The fraction of sp³-hybridized carbons (Fsp3) is 0.533. The summed E-state index contributed by atoms with van der Waals surface area (Å²) in [5.74, 6) is 1.07. The largest absolute Gasteiger partial charge is 0.493 e. The molecule has 2 heterocycles. The molecule has 2 atom stereocenters. The Hall–Kier alpha value is -2.35. The van der Waals surface area contributed by atoms with Crippen molar-refractivity contribution >= 4 is 11.6 Å². The van der Waals surface area contributed by atoms with Gasteiger partial charge in [0.25, 0.3) is 11.6 Å². The van der Waals surface area contributed by atoms with Crippen LogP contribution in [0.5, 0.6) is 11.5 Å². The minimum absolute atomic E-state index is 0.0422. The van der Waals surface area contributed by atoms with E-state index < -0.39 is 4.92 Å². The zero-order valence-electron chi connectivity index (χ0n) is 13.1. The van der Waals surface area contributed by atoms with Crippen LogP contribution in [0.3, 0.4) is 0 Å². The molecular weight excluding hydrogens is 302 g/mol. The van der Waals surface area contributed by atoms with Gasteiger partial charge in [-0.1, -0.05) is 0 Å². The van der Waals surface area contributed by atoms with E-state index in [-0.39, 0.29) is 22.9 Å². The van der Waals surface area contributed by atoms with Gasteiger partial charge in [-0.3, -0.25) is 14.9 Å². The van der Waals surface area contributed by atoms with Crippen LogP contribution in [0.25, 0.3) is 0 Å². The zero-order valence-corrected chi connectivity index (χ0v) is 13.1. The number of likely N-dealkylation sites (tertiary alicyclic amines) is 1. The standard InChI is InChI=1S/C15H19N3O5/c1-22-13-3-11(12(18(20)21)4-14(13)23-2)15(19)17-7-9-5-16-6-10(9)8-17/h3-4,9-10,16H,5-8H2,1-2H3/t9-,10+. The van der Waals surface area contributed by atoms with E-state index >= 15 is 0 Å². The van der Waals surface area contributed by atoms with Gasteiger partial charge in [0.2, 0.25) is 0 Å². The van der Waals surface area contributed by atoms with E-state index in [1.807, 2.05) is 0 Å². The van der Waals surface area contributed by atoms with E-state index in [1.54, 1.807) is 4.90 Å². The molecule has 0 aromatic heterocycles. The average molecular weight is 321 g/mol. The molecule has 0 bridgehead atoms. The number of benzene rings is 1. The molecule has 124 valence electrons. The van der Waals surface area contributed by atoms with E-state index in [0.29, 0.717) is 30.7 Å². The van der Waals surface area contributed by atoms with Gasteiger partial charge < -0.3 is 19.7 Å². The lowest BCUT2D eigenvalue weighted by Gasteiger charge is -2.18. The Balaban J connectivity index is 1.94. The topological polar surface area (TPSA) is 93.9 Å². The number of rotatable bonds is 4. The van der Waals surface area contributed by atoms with Crippen molar-refractivity contribution in [1.82, 2.24) is 10.2 Å². The molecule has 0 spiro atoms. The van der Waals surface area contributed by atoms with Crippen LogP contribution in [-0.2, 0) is 0 Å². The van der Waals surface area contributed by atoms with Crippen molar-refractivity contribution in [3.05, 3.63) is 27.8 Å². The van der Waals surface area contributed by atoms with E-state index in [9.17, 15) is 14.9 Å². The second-order valence-corrected chi connectivity index (χ2v) is 5.87. The zero-order chi connectivity index (χ0) is 16.6. The molecule has 8 nitrogen and oxygen atoms in total. The first-order chi connectivity index (χ1) is 11.0. The van der Waals surface area contributed by atoms with Gasteiger partial charge in [-0.05, 0) is 11.8 Å². The average Bonchev–Trinajstić information content (AvgIpc) is 3.14. The summed E-state index contributed by atoms with van der Waals surface area (Å²) in [6.07, 6.45) is 0. The summed E-state index contributed by atoms with van der Waals surface area (Å²) in [7, 11) is 2.83. The Morgan fingerprint density at radius 2 is 1.78 bits per heavy atom. The number of methoxy groups -OCH3 is 2. The third kappa shape index (κ3) is 2.70. The van der Waals surface area contributed by atoms with Crippen molar-refractivity contribution in [3.8, 4) is 11.5 Å². The van der Waals surface area contributed by atoms with Crippen molar-refractivity contribution in [3.63, 3.8) is 0 Å². The van der Waals surface area contributed by atoms with Crippen LogP contribution in [-0.4, -0.2) is 56.1 Å². The van der Waals surface area contributed by atoms with Crippen LogP contribution >= 0.6 is 0 Å². The van der Waals surface area contributed by atoms with Gasteiger partial charge in [0.05, 0.1) is 25.2 Å². The summed E-state index contributed by atoms with van der Waals surface area (Å²) in [5.41, 5.74) is -0.219. The summed E-state index contributed by atoms with van der Waals surface area (Å²) in [6, 6.07) is 2.64. The smallest absolute Gasteiger partial charge is 0.286 e. The van der Waals surface area contributed by atoms with Crippen LogP contribution in [0.1, 0.15) is 10.4 Å². The first-order valence-corrected chi connectivity index (χ1v) is 7.45. The van der Waals surface area contributed by atoms with Crippen LogP contribution in [0.4, 0.5) is 5.69 Å². The number of fused-ring (bicyclic) bond motifs is 1. The lowest BCUT2D eigenvalue weighted by Crippen LogP contribution is -2.32. The number of nitrogens with zero attached hydrogens (tertiary/aromatic N) is 2. The Morgan fingerprint density at radius 3 is 2.30 bits per heavy atom. The van der Waals surface area contributed by atoms with Crippen molar-refractivity contribution in [2.24, 2.45) is 11.8 Å². The Morgan fingerprint density at radius 1 is 1.22 bits per heavy atom. The molecular formula is C15H19N3O5.